The van der Waals surface area contributed by atoms with Crippen LogP contribution < -0.4 is 5.14 Å². The summed E-state index contributed by atoms with van der Waals surface area (Å²) in [7, 11) is -2.11. The number of primary sulfonamides is 1. The van der Waals surface area contributed by atoms with Gasteiger partial charge in [0.05, 0.1) is 4.90 Å². The lowest BCUT2D eigenvalue weighted by molar-refractivity contribution is 0.0620. The molecule has 6 heteroatoms. The van der Waals surface area contributed by atoms with E-state index in [0.717, 1.165) is 6.42 Å². The van der Waals surface area contributed by atoms with Crippen LogP contribution in [0.15, 0.2) is 23.1 Å². The van der Waals surface area contributed by atoms with Crippen molar-refractivity contribution in [2.75, 3.05) is 7.05 Å². The number of carbonyl (C=O) groups excluding carboxylic acids is 1. The second kappa shape index (κ2) is 5.54. The number of carbonyl (C=O) groups is 1. The molecule has 0 radical (unpaired) electrons. The van der Waals surface area contributed by atoms with Gasteiger partial charge < -0.3 is 4.90 Å². The van der Waals surface area contributed by atoms with E-state index in [1.54, 1.807) is 24.9 Å². The van der Waals surface area contributed by atoms with Crippen LogP contribution in [-0.2, 0) is 10.0 Å². The maximum absolute atomic E-state index is 12.5. The van der Waals surface area contributed by atoms with Gasteiger partial charge in [-0.05, 0) is 51.0 Å². The lowest BCUT2D eigenvalue weighted by Gasteiger charge is -2.35. The van der Waals surface area contributed by atoms with E-state index in [0.29, 0.717) is 11.1 Å². The van der Waals surface area contributed by atoms with Crippen LogP contribution in [0.25, 0.3) is 0 Å². The molecule has 2 N–H and O–H groups in total. The number of amides is 1. The molecular weight excluding hydrogens is 276 g/mol. The molecule has 0 heterocycles. The molecule has 0 aliphatic heterocycles. The predicted octanol–water partition coefficient (Wildman–Crippen LogP) is 1.90. The Labute approximate surface area is 120 Å². The molecule has 0 aromatic heterocycles. The highest BCUT2D eigenvalue weighted by molar-refractivity contribution is 7.89. The number of benzene rings is 1. The minimum absolute atomic E-state index is 0.0384. The molecule has 0 unspecified atom stereocenters. The van der Waals surface area contributed by atoms with Gasteiger partial charge in [0, 0.05) is 18.2 Å². The summed E-state index contributed by atoms with van der Waals surface area (Å²) >= 11 is 0. The summed E-state index contributed by atoms with van der Waals surface area (Å²) in [6, 6.07) is 4.45. The van der Waals surface area contributed by atoms with Gasteiger partial charge in [0.15, 0.2) is 0 Å². The van der Waals surface area contributed by atoms with Crippen molar-refractivity contribution < 1.29 is 13.2 Å². The molecule has 1 amide bonds. The number of nitrogens with zero attached hydrogens (tertiary/aromatic N) is 1. The topological polar surface area (TPSA) is 80.5 Å². The van der Waals surface area contributed by atoms with Crippen molar-refractivity contribution >= 4 is 15.9 Å². The van der Waals surface area contributed by atoms with Crippen molar-refractivity contribution in [1.82, 2.24) is 4.90 Å². The lowest BCUT2D eigenvalue weighted by Crippen LogP contribution is -2.44. The highest BCUT2D eigenvalue weighted by Crippen LogP contribution is 2.21. The second-order valence-corrected chi connectivity index (χ2v) is 7.17. The Bertz CT molecular complexity index is 621. The molecule has 1 aromatic rings. The van der Waals surface area contributed by atoms with Crippen molar-refractivity contribution in [3.8, 4) is 0 Å². The number of rotatable bonds is 4. The zero-order valence-corrected chi connectivity index (χ0v) is 13.4. The van der Waals surface area contributed by atoms with Gasteiger partial charge in [-0.2, -0.15) is 0 Å². The predicted molar refractivity (Wildman–Crippen MR) is 79.0 cm³/mol. The Kier molecular flexibility index (Phi) is 4.61. The highest BCUT2D eigenvalue weighted by Gasteiger charge is 2.27. The monoisotopic (exact) mass is 298 g/mol. The second-order valence-electron chi connectivity index (χ2n) is 5.61. The summed E-state index contributed by atoms with van der Waals surface area (Å²) in [5.74, 6) is -0.217. The zero-order valence-electron chi connectivity index (χ0n) is 12.6. The van der Waals surface area contributed by atoms with Crippen LogP contribution in [0, 0.1) is 6.92 Å². The summed E-state index contributed by atoms with van der Waals surface area (Å²) in [6.07, 6.45) is 0.795. The summed E-state index contributed by atoms with van der Waals surface area (Å²) in [6.45, 7) is 7.65. The van der Waals surface area contributed by atoms with E-state index in [-0.39, 0.29) is 16.3 Å². The van der Waals surface area contributed by atoms with Crippen LogP contribution >= 0.6 is 0 Å². The Morgan fingerprint density at radius 1 is 1.30 bits per heavy atom. The van der Waals surface area contributed by atoms with Crippen LogP contribution in [0.4, 0.5) is 0 Å². The molecule has 5 nitrogen and oxygen atoms in total. The first kappa shape index (κ1) is 16.7. The maximum Gasteiger partial charge on any atom is 0.254 e. The standard InChI is InChI=1S/C14H22N2O3S/c1-6-14(3,4)16(5)13(17)11-7-10(2)8-12(9-11)20(15,18)19/h7-9H,6H2,1-5H3,(H2,15,18,19). The van der Waals surface area contributed by atoms with Crippen LogP contribution in [0.2, 0.25) is 0 Å². The number of sulfonamides is 1. The van der Waals surface area contributed by atoms with Gasteiger partial charge in [-0.15, -0.1) is 0 Å². The third-order valence-electron chi connectivity index (χ3n) is 3.70. The summed E-state index contributed by atoms with van der Waals surface area (Å²) in [5, 5.41) is 5.13. The fourth-order valence-corrected chi connectivity index (χ4v) is 2.38. The van der Waals surface area contributed by atoms with Gasteiger partial charge in [0.2, 0.25) is 10.0 Å². The van der Waals surface area contributed by atoms with Crippen molar-refractivity contribution in [2.45, 2.75) is 44.6 Å². The molecule has 0 saturated carbocycles. The number of hydrogen-bond donors (Lipinski definition) is 1. The molecule has 20 heavy (non-hydrogen) atoms. The average Bonchev–Trinajstić information content (AvgIpc) is 2.35. The number of hydrogen-bond acceptors (Lipinski definition) is 3. The van der Waals surface area contributed by atoms with Crippen molar-refractivity contribution in [3.05, 3.63) is 29.3 Å². The van der Waals surface area contributed by atoms with Crippen LogP contribution in [0.1, 0.15) is 43.1 Å². The summed E-state index contributed by atoms with van der Waals surface area (Å²) < 4.78 is 22.9. The Morgan fingerprint density at radius 2 is 1.85 bits per heavy atom. The van der Waals surface area contributed by atoms with Gasteiger partial charge in [-0.25, -0.2) is 13.6 Å². The molecule has 0 saturated heterocycles. The Hall–Kier alpha value is -1.40. The average molecular weight is 298 g/mol. The fourth-order valence-electron chi connectivity index (χ4n) is 1.74. The molecule has 0 aliphatic carbocycles. The molecular formula is C14H22N2O3S. The molecule has 0 spiro atoms. The molecule has 0 fully saturated rings. The van der Waals surface area contributed by atoms with Gasteiger partial charge in [-0.3, -0.25) is 4.79 Å². The molecule has 112 valence electrons. The summed E-state index contributed by atoms with van der Waals surface area (Å²) in [5.41, 5.74) is 0.711. The minimum Gasteiger partial charge on any atom is -0.337 e. The fraction of sp³-hybridized carbons (Fsp3) is 0.500. The first-order valence-electron chi connectivity index (χ1n) is 6.41. The SMILES string of the molecule is CCC(C)(C)N(C)C(=O)c1cc(C)cc(S(N)(=O)=O)c1. The quantitative estimate of drug-likeness (QED) is 0.922. The van der Waals surface area contributed by atoms with Crippen molar-refractivity contribution in [3.63, 3.8) is 0 Å². The maximum atomic E-state index is 12.5. The van der Waals surface area contributed by atoms with E-state index in [4.69, 9.17) is 5.14 Å². The Morgan fingerprint density at radius 3 is 2.30 bits per heavy atom. The van der Waals surface area contributed by atoms with Crippen molar-refractivity contribution in [2.24, 2.45) is 5.14 Å². The smallest absolute Gasteiger partial charge is 0.254 e. The first-order chi connectivity index (χ1) is 8.99. The van der Waals surface area contributed by atoms with E-state index in [2.05, 4.69) is 0 Å². The summed E-state index contributed by atoms with van der Waals surface area (Å²) in [4.78, 5) is 14.1. The van der Waals surface area contributed by atoms with Crippen LogP contribution in [0.5, 0.6) is 0 Å². The number of nitrogens with two attached hydrogens (primary N) is 1. The van der Waals surface area contributed by atoms with Crippen LogP contribution in [-0.4, -0.2) is 31.8 Å². The van der Waals surface area contributed by atoms with Gasteiger partial charge in [0.25, 0.3) is 5.91 Å². The van der Waals surface area contributed by atoms with E-state index in [1.165, 1.54) is 12.1 Å². The zero-order chi connectivity index (χ0) is 15.7. The first-order valence-corrected chi connectivity index (χ1v) is 7.96. The van der Waals surface area contributed by atoms with Gasteiger partial charge in [-0.1, -0.05) is 6.92 Å². The van der Waals surface area contributed by atoms with Gasteiger partial charge >= 0.3 is 0 Å². The van der Waals surface area contributed by atoms with Crippen LogP contribution in [0.3, 0.4) is 0 Å². The van der Waals surface area contributed by atoms with E-state index < -0.39 is 10.0 Å². The largest absolute Gasteiger partial charge is 0.337 e. The highest BCUT2D eigenvalue weighted by atomic mass is 32.2. The van der Waals surface area contributed by atoms with E-state index in [1.807, 2.05) is 20.8 Å². The normalized spacial score (nSPS) is 12.3. The molecule has 0 aliphatic rings. The molecule has 0 atom stereocenters. The Balaban J connectivity index is 3.28. The van der Waals surface area contributed by atoms with Gasteiger partial charge in [0.1, 0.15) is 0 Å². The third kappa shape index (κ3) is 3.58. The lowest BCUT2D eigenvalue weighted by atomic mass is 9.98. The molecule has 1 aromatic carbocycles. The van der Waals surface area contributed by atoms with Crippen molar-refractivity contribution in [1.29, 1.82) is 0 Å². The minimum atomic E-state index is -3.82. The number of aryl methyl sites for hydroxylation is 1. The molecule has 0 bridgehead atoms. The third-order valence-corrected chi connectivity index (χ3v) is 4.60. The molecule has 1 rings (SSSR count). The van der Waals surface area contributed by atoms with E-state index >= 15 is 0 Å². The van der Waals surface area contributed by atoms with E-state index in [9.17, 15) is 13.2 Å².